The van der Waals surface area contributed by atoms with E-state index in [9.17, 15) is 19.2 Å². The van der Waals surface area contributed by atoms with Crippen molar-refractivity contribution in [2.24, 2.45) is 0 Å². The zero-order chi connectivity index (χ0) is 26.5. The maximum absolute atomic E-state index is 13.4. The summed E-state index contributed by atoms with van der Waals surface area (Å²) in [5.74, 6) is -1.46. The van der Waals surface area contributed by atoms with Crippen LogP contribution in [0, 0.1) is 0 Å². The van der Waals surface area contributed by atoms with Crippen LogP contribution in [0.5, 0.6) is 0 Å². The van der Waals surface area contributed by atoms with Crippen LogP contribution < -0.4 is 0 Å². The number of methoxy groups -OCH3 is 2. The number of esters is 2. The van der Waals surface area contributed by atoms with E-state index in [1.807, 2.05) is 19.1 Å². The highest BCUT2D eigenvalue weighted by atomic mass is 16.5. The molecule has 4 rings (SSSR count). The lowest BCUT2D eigenvalue weighted by Gasteiger charge is -2.19. The number of hydrogen-bond acceptors (Lipinski definition) is 7. The molecule has 0 amide bonds. The lowest BCUT2D eigenvalue weighted by molar-refractivity contribution is 0.0593. The molecule has 0 heterocycles. The van der Waals surface area contributed by atoms with Crippen LogP contribution in [-0.2, 0) is 9.47 Å². The minimum absolute atomic E-state index is 0.0170. The number of rotatable bonds is 9. The lowest BCUT2D eigenvalue weighted by Crippen LogP contribution is -2.34. The van der Waals surface area contributed by atoms with E-state index in [-0.39, 0.29) is 24.7 Å². The van der Waals surface area contributed by atoms with E-state index in [1.165, 1.54) is 14.2 Å². The molecule has 0 spiro atoms. The molecule has 4 aliphatic carbocycles. The van der Waals surface area contributed by atoms with Gasteiger partial charge in [0.05, 0.1) is 38.4 Å². The first-order chi connectivity index (χ1) is 17.9. The molecule has 0 fully saturated rings. The van der Waals surface area contributed by atoms with Gasteiger partial charge in [0.15, 0.2) is 11.6 Å². The van der Waals surface area contributed by atoms with E-state index < -0.39 is 11.9 Å². The first-order valence-corrected chi connectivity index (χ1v) is 11.9. The van der Waals surface area contributed by atoms with Crippen LogP contribution >= 0.6 is 0 Å². The second-order valence-corrected chi connectivity index (χ2v) is 8.55. The highest BCUT2D eigenvalue weighted by Gasteiger charge is 2.27. The molecule has 37 heavy (non-hydrogen) atoms. The average molecular weight is 498 g/mol. The molecule has 0 saturated carbocycles. The summed E-state index contributed by atoms with van der Waals surface area (Å²) in [4.78, 5) is 53.2. The van der Waals surface area contributed by atoms with Gasteiger partial charge in [-0.15, -0.1) is 0 Å². The van der Waals surface area contributed by atoms with E-state index in [0.29, 0.717) is 51.1 Å². The third kappa shape index (κ3) is 5.13. The van der Waals surface area contributed by atoms with Crippen molar-refractivity contribution in [3.63, 3.8) is 0 Å². The van der Waals surface area contributed by atoms with Crippen molar-refractivity contribution in [2.75, 3.05) is 33.9 Å². The summed E-state index contributed by atoms with van der Waals surface area (Å²) in [6, 6.07) is 21.1. The Hall–Kier alpha value is -4.36. The van der Waals surface area contributed by atoms with Gasteiger partial charge in [-0.25, -0.2) is 9.59 Å². The summed E-state index contributed by atoms with van der Waals surface area (Å²) in [5, 5.41) is 0. The molecule has 0 unspecified atom stereocenters. The molecule has 0 N–H and O–H groups in total. The first kappa shape index (κ1) is 25.7. The van der Waals surface area contributed by atoms with Crippen LogP contribution in [0.25, 0.3) is 22.3 Å². The molecule has 0 bridgehead atoms. The number of ether oxygens (including phenoxy) is 2. The fraction of sp³-hybridized carbons (Fsp3) is 0.200. The lowest BCUT2D eigenvalue weighted by atomic mass is 10.0. The van der Waals surface area contributed by atoms with Crippen molar-refractivity contribution in [1.82, 2.24) is 4.90 Å². The maximum atomic E-state index is 13.4. The third-order valence-electron chi connectivity index (χ3n) is 6.41. The first-order valence-electron chi connectivity index (χ1n) is 11.9. The van der Waals surface area contributed by atoms with Crippen LogP contribution in [0.15, 0.2) is 72.8 Å². The molecule has 0 radical (unpaired) electrons. The Morgan fingerprint density at radius 1 is 0.595 bits per heavy atom. The Morgan fingerprint density at radius 2 is 0.946 bits per heavy atom. The summed E-state index contributed by atoms with van der Waals surface area (Å²) < 4.78 is 9.80. The van der Waals surface area contributed by atoms with Gasteiger partial charge in [0.25, 0.3) is 0 Å². The molecule has 0 aromatic carbocycles. The van der Waals surface area contributed by atoms with E-state index in [1.54, 1.807) is 65.6 Å². The van der Waals surface area contributed by atoms with Gasteiger partial charge in [0.2, 0.25) is 0 Å². The van der Waals surface area contributed by atoms with Gasteiger partial charge in [0, 0.05) is 11.1 Å². The molecule has 0 aliphatic heterocycles. The summed E-state index contributed by atoms with van der Waals surface area (Å²) in [6.07, 6.45) is 0. The molecule has 188 valence electrons. The highest BCUT2D eigenvalue weighted by molar-refractivity contribution is 6.12. The van der Waals surface area contributed by atoms with E-state index >= 15 is 0 Å². The molecule has 7 nitrogen and oxygen atoms in total. The van der Waals surface area contributed by atoms with Crippen molar-refractivity contribution < 1.29 is 28.7 Å². The second kappa shape index (κ2) is 11.1. The normalized spacial score (nSPS) is 11.0. The topological polar surface area (TPSA) is 90.0 Å². The van der Waals surface area contributed by atoms with E-state index in [2.05, 4.69) is 0 Å². The van der Waals surface area contributed by atoms with Gasteiger partial charge in [-0.2, -0.15) is 0 Å². The molecule has 4 aliphatic rings. The molecule has 0 atom stereocenters. The van der Waals surface area contributed by atoms with Crippen LogP contribution in [0.3, 0.4) is 0 Å². The molecule has 0 saturated heterocycles. The predicted octanol–water partition coefficient (Wildman–Crippen LogP) is 4.86. The van der Waals surface area contributed by atoms with Gasteiger partial charge in [0.1, 0.15) is 0 Å². The molecule has 7 heteroatoms. The van der Waals surface area contributed by atoms with Crippen LogP contribution in [0.1, 0.15) is 48.4 Å². The summed E-state index contributed by atoms with van der Waals surface area (Å²) in [5.41, 5.74) is 4.00. The van der Waals surface area contributed by atoms with Gasteiger partial charge >= 0.3 is 11.9 Å². The fourth-order valence-electron chi connectivity index (χ4n) is 4.51. The number of carbonyl (C=O) groups excluding carboxylic acids is 4. The van der Waals surface area contributed by atoms with Crippen molar-refractivity contribution in [3.05, 3.63) is 95.1 Å². The van der Waals surface area contributed by atoms with Crippen molar-refractivity contribution in [2.45, 2.75) is 6.92 Å². The molecule has 0 aromatic rings. The second-order valence-electron chi connectivity index (χ2n) is 8.55. The summed E-state index contributed by atoms with van der Waals surface area (Å²) >= 11 is 0. The predicted molar refractivity (Wildman–Crippen MR) is 140 cm³/mol. The van der Waals surface area contributed by atoms with E-state index in [0.717, 1.165) is 0 Å². The Labute approximate surface area is 215 Å². The number of ketones is 2. The molecular weight excluding hydrogens is 470 g/mol. The van der Waals surface area contributed by atoms with Gasteiger partial charge in [-0.3, -0.25) is 14.5 Å². The third-order valence-corrected chi connectivity index (χ3v) is 6.41. The fourth-order valence-corrected chi connectivity index (χ4v) is 4.51. The van der Waals surface area contributed by atoms with Gasteiger partial charge in [-0.1, -0.05) is 67.6 Å². The number of likely N-dealkylation sites (N-methyl/N-ethyl adjacent to an activating group) is 1. The minimum atomic E-state index is -0.518. The van der Waals surface area contributed by atoms with Gasteiger partial charge < -0.3 is 9.47 Å². The van der Waals surface area contributed by atoms with Gasteiger partial charge in [-0.05, 0) is 40.9 Å². The minimum Gasteiger partial charge on any atom is -0.465 e. The average Bonchev–Trinajstić information content (AvgIpc) is 3.21. The number of fused-ring (bicyclic) bond motifs is 2. The van der Waals surface area contributed by atoms with Crippen molar-refractivity contribution in [1.29, 1.82) is 0 Å². The SMILES string of the molecule is CCN(CC(=O)c1cc(C(=O)OC)c2cccccc1-2)CC(=O)c1cc(C(=O)OC)c2cccccc1-2. The highest BCUT2D eigenvalue weighted by Crippen LogP contribution is 2.34. The Bertz CT molecular complexity index is 1320. The number of carbonyl (C=O) groups is 4. The quantitative estimate of drug-likeness (QED) is 0.241. The number of Topliss-reactive ketones (excluding diaryl/α,β-unsaturated/α-hetero) is 2. The maximum Gasteiger partial charge on any atom is 0.338 e. The summed E-state index contributed by atoms with van der Waals surface area (Å²) in [6.45, 7) is 2.28. The number of hydrogen-bond donors (Lipinski definition) is 0. The summed E-state index contributed by atoms with van der Waals surface area (Å²) in [7, 11) is 2.60. The van der Waals surface area contributed by atoms with Crippen LogP contribution in [0.4, 0.5) is 0 Å². The molecular formula is C30H27NO6. The zero-order valence-corrected chi connectivity index (χ0v) is 20.9. The van der Waals surface area contributed by atoms with Crippen LogP contribution in [0.2, 0.25) is 0 Å². The Morgan fingerprint density at radius 3 is 1.27 bits per heavy atom. The van der Waals surface area contributed by atoms with Crippen molar-refractivity contribution in [3.8, 4) is 22.3 Å². The number of nitrogens with zero attached hydrogens (tertiary/aromatic N) is 1. The monoisotopic (exact) mass is 497 g/mol. The van der Waals surface area contributed by atoms with Crippen molar-refractivity contribution >= 4 is 23.5 Å². The molecule has 0 aromatic heterocycles. The van der Waals surface area contributed by atoms with E-state index in [4.69, 9.17) is 9.47 Å². The standard InChI is InChI=1S/C30H27NO6/c1-4-31(17-27(32)23-15-25(29(34)36-2)21-13-9-5-7-11-19(21)23)18-28(33)24-16-26(30(35)37-3)22-14-10-6-8-12-20(22)24/h5-16H,4,17-18H2,1-3H3. The smallest absolute Gasteiger partial charge is 0.338 e. The Balaban J connectivity index is 1.60. The van der Waals surface area contributed by atoms with Crippen LogP contribution in [-0.4, -0.2) is 62.3 Å². The zero-order valence-electron chi connectivity index (χ0n) is 20.9. The Kier molecular flexibility index (Phi) is 7.74. The largest absolute Gasteiger partial charge is 0.465 e.